The van der Waals surface area contributed by atoms with Crippen molar-refractivity contribution in [3.8, 4) is 0 Å². The van der Waals surface area contributed by atoms with Gasteiger partial charge >= 0.3 is 5.97 Å². The van der Waals surface area contributed by atoms with Gasteiger partial charge in [0, 0.05) is 20.1 Å². The molecular formula is C14H17N3O4. The van der Waals surface area contributed by atoms with Crippen LogP contribution in [0.4, 0.5) is 0 Å². The number of imidazole rings is 1. The number of aromatic nitrogens is 2. The molecule has 0 aliphatic carbocycles. The molecule has 1 aromatic heterocycles. The number of methoxy groups -OCH3 is 1. The zero-order chi connectivity index (χ0) is 15.2. The lowest BCUT2D eigenvalue weighted by atomic mass is 10.2. The second kappa shape index (κ2) is 6.85. The lowest BCUT2D eigenvalue weighted by molar-refractivity contribution is -0.142. The summed E-state index contributed by atoms with van der Waals surface area (Å²) in [4.78, 5) is 27.2. The Morgan fingerprint density at radius 2 is 2.19 bits per heavy atom. The third kappa shape index (κ3) is 3.79. The SMILES string of the molecule is COCCC(NC(=O)Cn1cnc2ccccc21)C(=O)O. The molecule has 1 aromatic carbocycles. The van der Waals surface area contributed by atoms with Crippen LogP contribution in [0.15, 0.2) is 30.6 Å². The van der Waals surface area contributed by atoms with Crippen molar-refractivity contribution in [2.24, 2.45) is 0 Å². The van der Waals surface area contributed by atoms with E-state index >= 15 is 0 Å². The number of benzene rings is 1. The Kier molecular flexibility index (Phi) is 4.89. The molecule has 2 rings (SSSR count). The quantitative estimate of drug-likeness (QED) is 0.781. The van der Waals surface area contributed by atoms with Gasteiger partial charge in [0.05, 0.1) is 17.4 Å². The summed E-state index contributed by atoms with van der Waals surface area (Å²) in [5.41, 5.74) is 1.62. The number of nitrogens with one attached hydrogen (secondary N) is 1. The molecular weight excluding hydrogens is 274 g/mol. The maximum Gasteiger partial charge on any atom is 0.326 e. The van der Waals surface area contributed by atoms with Gasteiger partial charge in [0.2, 0.25) is 5.91 Å². The van der Waals surface area contributed by atoms with Gasteiger partial charge in [-0.15, -0.1) is 0 Å². The van der Waals surface area contributed by atoms with Crippen molar-refractivity contribution in [2.45, 2.75) is 19.0 Å². The Labute approximate surface area is 121 Å². The van der Waals surface area contributed by atoms with Crippen LogP contribution in [0.3, 0.4) is 0 Å². The van der Waals surface area contributed by atoms with E-state index < -0.39 is 12.0 Å². The number of amides is 1. The van der Waals surface area contributed by atoms with Crippen molar-refractivity contribution in [1.29, 1.82) is 0 Å². The second-order valence-corrected chi connectivity index (χ2v) is 4.60. The number of carbonyl (C=O) groups is 2. The zero-order valence-electron chi connectivity index (χ0n) is 11.7. The van der Waals surface area contributed by atoms with Crippen LogP contribution >= 0.6 is 0 Å². The Morgan fingerprint density at radius 1 is 1.43 bits per heavy atom. The third-order valence-electron chi connectivity index (χ3n) is 3.09. The van der Waals surface area contributed by atoms with Crippen LogP contribution in [0.5, 0.6) is 0 Å². The van der Waals surface area contributed by atoms with Crippen LogP contribution in [0.1, 0.15) is 6.42 Å². The van der Waals surface area contributed by atoms with Crippen LogP contribution in [-0.2, 0) is 20.9 Å². The van der Waals surface area contributed by atoms with Crippen molar-refractivity contribution in [2.75, 3.05) is 13.7 Å². The first-order valence-corrected chi connectivity index (χ1v) is 6.53. The van der Waals surface area contributed by atoms with Crippen molar-refractivity contribution < 1.29 is 19.4 Å². The summed E-state index contributed by atoms with van der Waals surface area (Å²) in [6, 6.07) is 6.48. The Morgan fingerprint density at radius 3 is 2.90 bits per heavy atom. The van der Waals surface area contributed by atoms with E-state index in [4.69, 9.17) is 9.84 Å². The first-order chi connectivity index (χ1) is 10.1. The fourth-order valence-electron chi connectivity index (χ4n) is 2.02. The first-order valence-electron chi connectivity index (χ1n) is 6.53. The predicted octanol–water partition coefficient (Wildman–Crippen LogP) is 0.642. The van der Waals surface area contributed by atoms with E-state index in [1.807, 2.05) is 24.3 Å². The highest BCUT2D eigenvalue weighted by atomic mass is 16.5. The van der Waals surface area contributed by atoms with E-state index in [1.165, 1.54) is 7.11 Å². The summed E-state index contributed by atoms with van der Waals surface area (Å²) in [6.07, 6.45) is 1.79. The molecule has 0 aliphatic heterocycles. The highest BCUT2D eigenvalue weighted by Gasteiger charge is 2.19. The number of hydrogen-bond acceptors (Lipinski definition) is 4. The standard InChI is InChI=1S/C14H17N3O4/c1-21-7-6-11(14(19)20)16-13(18)8-17-9-15-10-4-2-3-5-12(10)17/h2-5,9,11H,6-8H2,1H3,(H,16,18)(H,19,20). The lowest BCUT2D eigenvalue weighted by Gasteiger charge is -2.14. The highest BCUT2D eigenvalue weighted by molar-refractivity contribution is 5.84. The molecule has 0 aliphatic rings. The molecule has 1 unspecified atom stereocenters. The number of aliphatic carboxylic acids is 1. The average molecular weight is 291 g/mol. The summed E-state index contributed by atoms with van der Waals surface area (Å²) in [5, 5.41) is 11.5. The minimum Gasteiger partial charge on any atom is -0.480 e. The number of nitrogens with zero attached hydrogens (tertiary/aromatic N) is 2. The second-order valence-electron chi connectivity index (χ2n) is 4.60. The van der Waals surface area contributed by atoms with Crippen LogP contribution < -0.4 is 5.32 Å². The molecule has 0 spiro atoms. The number of para-hydroxylation sites is 2. The molecule has 0 radical (unpaired) electrons. The van der Waals surface area contributed by atoms with Crippen LogP contribution in [-0.4, -0.2) is 46.3 Å². The van der Waals surface area contributed by atoms with E-state index in [1.54, 1.807) is 10.9 Å². The van der Waals surface area contributed by atoms with Crippen LogP contribution in [0, 0.1) is 0 Å². The summed E-state index contributed by atoms with van der Waals surface area (Å²) < 4.78 is 6.52. The molecule has 7 heteroatoms. The topological polar surface area (TPSA) is 93.5 Å². The van der Waals surface area contributed by atoms with Crippen molar-refractivity contribution in [3.05, 3.63) is 30.6 Å². The Bertz CT molecular complexity index is 638. The van der Waals surface area contributed by atoms with Gasteiger partial charge in [0.15, 0.2) is 0 Å². The fraction of sp³-hybridized carbons (Fsp3) is 0.357. The highest BCUT2D eigenvalue weighted by Crippen LogP contribution is 2.11. The third-order valence-corrected chi connectivity index (χ3v) is 3.09. The minimum atomic E-state index is -1.07. The molecule has 1 amide bonds. The maximum atomic E-state index is 12.0. The van der Waals surface area contributed by atoms with Gasteiger partial charge in [0.25, 0.3) is 0 Å². The molecule has 21 heavy (non-hydrogen) atoms. The van der Waals surface area contributed by atoms with Gasteiger partial charge in [-0.1, -0.05) is 12.1 Å². The predicted molar refractivity (Wildman–Crippen MR) is 75.8 cm³/mol. The lowest BCUT2D eigenvalue weighted by Crippen LogP contribution is -2.42. The van der Waals surface area contributed by atoms with Gasteiger partial charge in [-0.2, -0.15) is 0 Å². The normalized spacial score (nSPS) is 12.2. The number of hydrogen-bond donors (Lipinski definition) is 2. The van der Waals surface area contributed by atoms with Gasteiger partial charge in [-0.05, 0) is 12.1 Å². The van der Waals surface area contributed by atoms with E-state index in [9.17, 15) is 9.59 Å². The number of carboxylic acid groups (broad SMARTS) is 1. The first kappa shape index (κ1) is 15.0. The molecule has 1 heterocycles. The fourth-order valence-corrected chi connectivity index (χ4v) is 2.02. The molecule has 2 aromatic rings. The number of carboxylic acids is 1. The van der Waals surface area contributed by atoms with Crippen molar-refractivity contribution in [1.82, 2.24) is 14.9 Å². The van der Waals surface area contributed by atoms with E-state index in [0.717, 1.165) is 11.0 Å². The summed E-state index contributed by atoms with van der Waals surface area (Å²) in [7, 11) is 1.48. The molecule has 0 bridgehead atoms. The molecule has 0 saturated heterocycles. The smallest absolute Gasteiger partial charge is 0.326 e. The number of rotatable bonds is 7. The Balaban J connectivity index is 2.02. The molecule has 0 saturated carbocycles. The summed E-state index contributed by atoms with van der Waals surface area (Å²) in [6.45, 7) is 0.294. The van der Waals surface area contributed by atoms with Crippen LogP contribution in [0.25, 0.3) is 11.0 Å². The molecule has 2 N–H and O–H groups in total. The largest absolute Gasteiger partial charge is 0.480 e. The molecule has 1 atom stereocenters. The number of fused-ring (bicyclic) bond motifs is 1. The van der Waals surface area contributed by atoms with Gasteiger partial charge in [-0.3, -0.25) is 4.79 Å². The van der Waals surface area contributed by atoms with Crippen molar-refractivity contribution >= 4 is 22.9 Å². The Hall–Kier alpha value is -2.41. The molecule has 0 fully saturated rings. The molecule has 7 nitrogen and oxygen atoms in total. The average Bonchev–Trinajstić information content (AvgIpc) is 2.86. The van der Waals surface area contributed by atoms with Crippen LogP contribution in [0.2, 0.25) is 0 Å². The van der Waals surface area contributed by atoms with E-state index in [2.05, 4.69) is 10.3 Å². The maximum absolute atomic E-state index is 12.0. The van der Waals surface area contributed by atoms with Gasteiger partial charge in [0.1, 0.15) is 12.6 Å². The summed E-state index contributed by atoms with van der Waals surface area (Å²) in [5.74, 6) is -1.45. The zero-order valence-corrected chi connectivity index (χ0v) is 11.7. The van der Waals surface area contributed by atoms with E-state index in [0.29, 0.717) is 0 Å². The molecule has 112 valence electrons. The van der Waals surface area contributed by atoms with E-state index in [-0.39, 0.29) is 25.5 Å². The van der Waals surface area contributed by atoms with Crippen molar-refractivity contribution in [3.63, 3.8) is 0 Å². The summed E-state index contributed by atoms with van der Waals surface area (Å²) >= 11 is 0. The number of ether oxygens (including phenoxy) is 1. The monoisotopic (exact) mass is 291 g/mol. The van der Waals surface area contributed by atoms with Gasteiger partial charge < -0.3 is 19.7 Å². The minimum absolute atomic E-state index is 0.0251. The van der Waals surface area contributed by atoms with Gasteiger partial charge in [-0.25, -0.2) is 9.78 Å². The number of carbonyl (C=O) groups excluding carboxylic acids is 1.